The highest BCUT2D eigenvalue weighted by molar-refractivity contribution is 5.95. The molecule has 0 bridgehead atoms. The fourth-order valence-electron chi connectivity index (χ4n) is 4.84. The van der Waals surface area contributed by atoms with Crippen LogP contribution < -0.4 is 10.6 Å². The normalized spacial score (nSPS) is 20.0. The summed E-state index contributed by atoms with van der Waals surface area (Å²) in [6.07, 6.45) is 2.29. The smallest absolute Gasteiger partial charge is 0.254 e. The summed E-state index contributed by atoms with van der Waals surface area (Å²) < 4.78 is 41.7. The van der Waals surface area contributed by atoms with E-state index in [1.807, 2.05) is 17.0 Å². The first kappa shape index (κ1) is 23.4. The van der Waals surface area contributed by atoms with Gasteiger partial charge in [0.05, 0.1) is 11.5 Å². The Hall–Kier alpha value is -3.39. The van der Waals surface area contributed by atoms with Gasteiger partial charge in [0.2, 0.25) is 5.91 Å². The number of amides is 2. The van der Waals surface area contributed by atoms with E-state index in [4.69, 9.17) is 0 Å². The van der Waals surface area contributed by atoms with Crippen molar-refractivity contribution in [2.24, 2.45) is 5.92 Å². The molecular weight excluding hydrogens is 455 g/mol. The third kappa shape index (κ3) is 4.89. The van der Waals surface area contributed by atoms with E-state index in [9.17, 15) is 22.8 Å². The first-order chi connectivity index (χ1) is 16.9. The minimum atomic E-state index is -0.942. The number of carbonyl (C=O) groups excluding carboxylic acids is 2. The van der Waals surface area contributed by atoms with E-state index in [1.165, 1.54) is 6.07 Å². The molecule has 2 atom stereocenters. The van der Waals surface area contributed by atoms with E-state index >= 15 is 0 Å². The fraction of sp³-hybridized carbons (Fsp3) is 0.333. The van der Waals surface area contributed by atoms with Gasteiger partial charge < -0.3 is 15.5 Å². The number of nitrogens with one attached hydrogen (secondary N) is 2. The van der Waals surface area contributed by atoms with Crippen molar-refractivity contribution in [3.8, 4) is 0 Å². The van der Waals surface area contributed by atoms with Crippen LogP contribution in [0.3, 0.4) is 0 Å². The number of hydrogen-bond acceptors (Lipinski definition) is 3. The molecular formula is C27H26F3N3O2. The SMILES string of the molecule is O=C(NC1CCNCC1C(=O)N(Cc1ccc(F)c2ccccc12)C1CC1)c1ccc(F)cc1F. The van der Waals surface area contributed by atoms with Gasteiger partial charge in [-0.15, -0.1) is 0 Å². The lowest BCUT2D eigenvalue weighted by atomic mass is 9.91. The van der Waals surface area contributed by atoms with Gasteiger partial charge in [0.15, 0.2) is 0 Å². The average molecular weight is 482 g/mol. The van der Waals surface area contributed by atoms with Gasteiger partial charge in [0.1, 0.15) is 17.5 Å². The van der Waals surface area contributed by atoms with Gasteiger partial charge in [-0.1, -0.05) is 30.3 Å². The zero-order chi connectivity index (χ0) is 24.5. The molecule has 0 aromatic heterocycles. The Balaban J connectivity index is 1.37. The number of benzene rings is 3. The monoisotopic (exact) mass is 481 g/mol. The molecule has 2 amide bonds. The van der Waals surface area contributed by atoms with Crippen LogP contribution in [-0.2, 0) is 11.3 Å². The van der Waals surface area contributed by atoms with Gasteiger partial charge in [-0.3, -0.25) is 9.59 Å². The van der Waals surface area contributed by atoms with E-state index in [-0.39, 0.29) is 23.3 Å². The number of halogens is 3. The van der Waals surface area contributed by atoms with Crippen molar-refractivity contribution in [2.75, 3.05) is 13.1 Å². The maximum absolute atomic E-state index is 14.3. The molecule has 1 saturated heterocycles. The average Bonchev–Trinajstić information content (AvgIpc) is 3.69. The lowest BCUT2D eigenvalue weighted by Gasteiger charge is -2.36. The van der Waals surface area contributed by atoms with Gasteiger partial charge in [-0.05, 0) is 55.0 Å². The highest BCUT2D eigenvalue weighted by Gasteiger charge is 2.40. The molecule has 3 aromatic carbocycles. The van der Waals surface area contributed by atoms with E-state index in [0.717, 1.165) is 35.9 Å². The van der Waals surface area contributed by atoms with E-state index < -0.39 is 29.5 Å². The molecule has 182 valence electrons. The highest BCUT2D eigenvalue weighted by atomic mass is 19.1. The quantitative estimate of drug-likeness (QED) is 0.556. The number of piperidine rings is 1. The molecule has 1 aliphatic carbocycles. The van der Waals surface area contributed by atoms with Crippen LogP contribution in [0.25, 0.3) is 10.8 Å². The molecule has 1 heterocycles. The minimum absolute atomic E-state index is 0.0964. The predicted octanol–water partition coefficient (Wildman–Crippen LogP) is 4.16. The van der Waals surface area contributed by atoms with Crippen LogP contribution in [0.5, 0.6) is 0 Å². The standard InChI is InChI=1S/C27H26F3N3O2/c28-17-6-9-21(24(30)13-17)26(34)32-25-11-12-31-14-22(25)27(35)33(18-7-8-18)15-16-5-10-23(29)20-4-2-1-3-19(16)20/h1-6,9-10,13,18,22,25,31H,7-8,11-12,14-15H2,(H,32,34). The third-order valence-electron chi connectivity index (χ3n) is 6.86. The number of carbonyl (C=O) groups is 2. The molecule has 2 N–H and O–H groups in total. The molecule has 3 aromatic rings. The summed E-state index contributed by atoms with van der Waals surface area (Å²) >= 11 is 0. The molecule has 5 nitrogen and oxygen atoms in total. The molecule has 1 aliphatic heterocycles. The number of fused-ring (bicyclic) bond motifs is 1. The third-order valence-corrected chi connectivity index (χ3v) is 6.86. The Morgan fingerprint density at radius 1 is 0.943 bits per heavy atom. The summed E-state index contributed by atoms with van der Waals surface area (Å²) in [5.41, 5.74) is 0.605. The maximum Gasteiger partial charge on any atom is 0.254 e. The van der Waals surface area contributed by atoms with Crippen molar-refractivity contribution >= 4 is 22.6 Å². The number of hydrogen-bond donors (Lipinski definition) is 2. The maximum atomic E-state index is 14.3. The van der Waals surface area contributed by atoms with Crippen LogP contribution >= 0.6 is 0 Å². The Labute approximate surface area is 201 Å². The van der Waals surface area contributed by atoms with Crippen molar-refractivity contribution in [1.82, 2.24) is 15.5 Å². The van der Waals surface area contributed by atoms with Crippen LogP contribution in [0.2, 0.25) is 0 Å². The summed E-state index contributed by atoms with van der Waals surface area (Å²) in [6.45, 7) is 1.32. The molecule has 35 heavy (non-hydrogen) atoms. The second-order valence-electron chi connectivity index (χ2n) is 9.25. The first-order valence-electron chi connectivity index (χ1n) is 11.9. The van der Waals surface area contributed by atoms with Crippen molar-refractivity contribution in [1.29, 1.82) is 0 Å². The largest absolute Gasteiger partial charge is 0.348 e. The molecule has 0 spiro atoms. The van der Waals surface area contributed by atoms with Gasteiger partial charge in [-0.2, -0.15) is 0 Å². The summed E-state index contributed by atoms with van der Waals surface area (Å²) in [5, 5.41) is 7.30. The number of nitrogens with zero attached hydrogens (tertiary/aromatic N) is 1. The Kier molecular flexibility index (Phi) is 6.47. The summed E-state index contributed by atoms with van der Waals surface area (Å²) in [6, 6.07) is 12.8. The van der Waals surface area contributed by atoms with Crippen LogP contribution in [-0.4, -0.2) is 41.9 Å². The van der Waals surface area contributed by atoms with Crippen molar-refractivity contribution < 1.29 is 22.8 Å². The van der Waals surface area contributed by atoms with Gasteiger partial charge in [-0.25, -0.2) is 13.2 Å². The lowest BCUT2D eigenvalue weighted by Crippen LogP contribution is -2.55. The van der Waals surface area contributed by atoms with Crippen molar-refractivity contribution in [2.45, 2.75) is 37.9 Å². The van der Waals surface area contributed by atoms with Crippen LogP contribution in [0.15, 0.2) is 54.6 Å². The van der Waals surface area contributed by atoms with Gasteiger partial charge in [0.25, 0.3) is 5.91 Å². The fourth-order valence-corrected chi connectivity index (χ4v) is 4.84. The van der Waals surface area contributed by atoms with E-state index in [1.54, 1.807) is 18.2 Å². The predicted molar refractivity (Wildman–Crippen MR) is 126 cm³/mol. The van der Waals surface area contributed by atoms with Crippen molar-refractivity contribution in [3.63, 3.8) is 0 Å². The minimum Gasteiger partial charge on any atom is -0.348 e. The van der Waals surface area contributed by atoms with Gasteiger partial charge >= 0.3 is 0 Å². The molecule has 2 fully saturated rings. The summed E-state index contributed by atoms with van der Waals surface area (Å²) in [7, 11) is 0. The zero-order valence-corrected chi connectivity index (χ0v) is 19.1. The summed E-state index contributed by atoms with van der Waals surface area (Å²) in [4.78, 5) is 28.3. The molecule has 8 heteroatoms. The molecule has 0 radical (unpaired) electrons. The van der Waals surface area contributed by atoms with Crippen molar-refractivity contribution in [3.05, 3.63) is 83.2 Å². The Morgan fingerprint density at radius 2 is 1.71 bits per heavy atom. The van der Waals surface area contributed by atoms with Crippen LogP contribution in [0, 0.1) is 23.4 Å². The van der Waals surface area contributed by atoms with E-state index in [2.05, 4.69) is 10.6 Å². The second kappa shape index (κ2) is 9.70. The van der Waals surface area contributed by atoms with Crippen LogP contribution in [0.1, 0.15) is 35.2 Å². The number of rotatable bonds is 6. The molecule has 2 unspecified atom stereocenters. The zero-order valence-electron chi connectivity index (χ0n) is 19.1. The lowest BCUT2D eigenvalue weighted by molar-refractivity contribution is -0.138. The Morgan fingerprint density at radius 3 is 2.46 bits per heavy atom. The first-order valence-corrected chi connectivity index (χ1v) is 11.9. The second-order valence-corrected chi connectivity index (χ2v) is 9.25. The van der Waals surface area contributed by atoms with E-state index in [0.29, 0.717) is 37.5 Å². The molecule has 1 saturated carbocycles. The van der Waals surface area contributed by atoms with Crippen LogP contribution in [0.4, 0.5) is 13.2 Å². The highest BCUT2D eigenvalue weighted by Crippen LogP contribution is 2.33. The van der Waals surface area contributed by atoms with Gasteiger partial charge in [0, 0.05) is 36.6 Å². The summed E-state index contributed by atoms with van der Waals surface area (Å²) in [5.74, 6) is -3.32. The topological polar surface area (TPSA) is 61.4 Å². The molecule has 2 aliphatic rings. The Bertz CT molecular complexity index is 1280. The molecule has 5 rings (SSSR count).